The lowest BCUT2D eigenvalue weighted by atomic mass is 10.2. The first kappa shape index (κ1) is 21.0. The van der Waals surface area contributed by atoms with Gasteiger partial charge in [0.15, 0.2) is 11.5 Å². The van der Waals surface area contributed by atoms with Crippen LogP contribution in [0.2, 0.25) is 0 Å². The number of hydrogen-bond acceptors (Lipinski definition) is 7. The number of nitrogens with two attached hydrogens (primary N) is 1. The van der Waals surface area contributed by atoms with E-state index in [2.05, 4.69) is 20.6 Å². The summed E-state index contributed by atoms with van der Waals surface area (Å²) in [6.07, 6.45) is 0. The van der Waals surface area contributed by atoms with E-state index in [1.807, 2.05) is 31.2 Å². The summed E-state index contributed by atoms with van der Waals surface area (Å²) in [5.41, 5.74) is 7.62. The number of rotatable bonds is 7. The quantitative estimate of drug-likeness (QED) is 0.453. The normalized spacial score (nSPS) is 10.8. The van der Waals surface area contributed by atoms with Gasteiger partial charge in [0.2, 0.25) is 5.89 Å². The minimum absolute atomic E-state index is 0.0533. The smallest absolute Gasteiger partial charge is 0.280 e. The fraction of sp³-hybridized carbons (Fsp3) is 0.182. The maximum atomic E-state index is 13.3. The lowest BCUT2D eigenvalue weighted by Gasteiger charge is -2.06. The van der Waals surface area contributed by atoms with Crippen molar-refractivity contribution in [2.75, 3.05) is 17.7 Å². The highest BCUT2D eigenvalue weighted by atomic mass is 19.1. The summed E-state index contributed by atoms with van der Waals surface area (Å²) in [5.74, 6) is 0.637. The van der Waals surface area contributed by atoms with Crippen LogP contribution in [0.5, 0.6) is 5.75 Å². The van der Waals surface area contributed by atoms with Gasteiger partial charge in [-0.3, -0.25) is 4.79 Å². The Bertz CT molecular complexity index is 1270. The highest BCUT2D eigenvalue weighted by Gasteiger charge is 2.21. The second kappa shape index (κ2) is 8.88. The number of carbonyl (C=O) groups is 1. The number of aryl methyl sites for hydroxylation is 1. The molecule has 164 valence electrons. The van der Waals surface area contributed by atoms with Gasteiger partial charge in [0.05, 0.1) is 18.7 Å². The standard InChI is InChI=1S/C22H21FN6O3/c1-3-31-18-10-5-4-9-16(18)22-26-17(13(2)32-22)12-29-20(24)19(27-28-29)21(30)25-15-8-6-7-14(23)11-15/h4-11H,3,12,24H2,1-2H3,(H,25,30). The maximum Gasteiger partial charge on any atom is 0.280 e. The van der Waals surface area contributed by atoms with Gasteiger partial charge in [0.25, 0.3) is 5.91 Å². The second-order valence-corrected chi connectivity index (χ2v) is 6.90. The van der Waals surface area contributed by atoms with Crippen molar-refractivity contribution >= 4 is 17.4 Å². The first-order valence-electron chi connectivity index (χ1n) is 9.90. The van der Waals surface area contributed by atoms with Crippen molar-refractivity contribution in [2.45, 2.75) is 20.4 Å². The molecular weight excluding hydrogens is 415 g/mol. The number of halogens is 1. The molecule has 0 spiro atoms. The summed E-state index contributed by atoms with van der Waals surface area (Å²) in [6.45, 7) is 4.34. The summed E-state index contributed by atoms with van der Waals surface area (Å²) >= 11 is 0. The van der Waals surface area contributed by atoms with E-state index in [1.54, 1.807) is 13.0 Å². The van der Waals surface area contributed by atoms with E-state index in [-0.39, 0.29) is 23.7 Å². The van der Waals surface area contributed by atoms with Crippen LogP contribution in [-0.4, -0.2) is 32.5 Å². The fourth-order valence-corrected chi connectivity index (χ4v) is 3.11. The molecule has 0 aliphatic carbocycles. The van der Waals surface area contributed by atoms with E-state index in [9.17, 15) is 9.18 Å². The number of nitrogens with one attached hydrogen (secondary N) is 1. The van der Waals surface area contributed by atoms with Crippen molar-refractivity contribution < 1.29 is 18.3 Å². The molecule has 0 aliphatic heterocycles. The van der Waals surface area contributed by atoms with Gasteiger partial charge >= 0.3 is 0 Å². The number of nitrogens with zero attached hydrogens (tertiary/aromatic N) is 4. The van der Waals surface area contributed by atoms with Crippen LogP contribution >= 0.6 is 0 Å². The molecule has 3 N–H and O–H groups in total. The number of ether oxygens (including phenoxy) is 1. The van der Waals surface area contributed by atoms with E-state index in [1.165, 1.54) is 22.9 Å². The molecule has 4 aromatic rings. The molecule has 0 bridgehead atoms. The highest BCUT2D eigenvalue weighted by Crippen LogP contribution is 2.31. The third-order valence-corrected chi connectivity index (χ3v) is 4.68. The van der Waals surface area contributed by atoms with Gasteiger partial charge in [-0.25, -0.2) is 14.1 Å². The summed E-state index contributed by atoms with van der Waals surface area (Å²) in [7, 11) is 0. The van der Waals surface area contributed by atoms with Crippen LogP contribution in [0.1, 0.15) is 28.9 Å². The van der Waals surface area contributed by atoms with Gasteiger partial charge in [-0.15, -0.1) is 5.10 Å². The monoisotopic (exact) mass is 436 g/mol. The number of oxazole rings is 1. The number of amides is 1. The summed E-state index contributed by atoms with van der Waals surface area (Å²) in [4.78, 5) is 17.0. The molecule has 0 aliphatic rings. The van der Waals surface area contributed by atoms with Gasteiger partial charge in [0, 0.05) is 5.69 Å². The van der Waals surface area contributed by atoms with E-state index in [0.29, 0.717) is 29.7 Å². The molecule has 0 atom stereocenters. The topological polar surface area (TPSA) is 121 Å². The number of nitrogen functional groups attached to an aromatic ring is 1. The van der Waals surface area contributed by atoms with E-state index >= 15 is 0 Å². The minimum atomic E-state index is -0.595. The average Bonchev–Trinajstić information content (AvgIpc) is 3.31. The molecule has 2 aromatic carbocycles. The molecule has 4 rings (SSSR count). The van der Waals surface area contributed by atoms with Crippen LogP contribution in [0, 0.1) is 12.7 Å². The number of anilines is 2. The van der Waals surface area contributed by atoms with Gasteiger partial charge < -0.3 is 20.2 Å². The second-order valence-electron chi connectivity index (χ2n) is 6.90. The van der Waals surface area contributed by atoms with Crippen molar-refractivity contribution in [3.8, 4) is 17.2 Å². The molecule has 1 amide bonds. The van der Waals surface area contributed by atoms with Crippen LogP contribution in [0.4, 0.5) is 15.9 Å². The Labute approximate surface area is 183 Å². The lowest BCUT2D eigenvalue weighted by Crippen LogP contribution is -2.15. The number of para-hydroxylation sites is 1. The molecule has 0 fully saturated rings. The molecule has 2 heterocycles. The van der Waals surface area contributed by atoms with Crippen molar-refractivity contribution in [3.05, 3.63) is 71.5 Å². The van der Waals surface area contributed by atoms with Gasteiger partial charge in [-0.2, -0.15) is 0 Å². The van der Waals surface area contributed by atoms with E-state index in [0.717, 1.165) is 5.56 Å². The zero-order valence-corrected chi connectivity index (χ0v) is 17.5. The molecule has 32 heavy (non-hydrogen) atoms. The largest absolute Gasteiger partial charge is 0.493 e. The molecule has 0 unspecified atom stereocenters. The van der Waals surface area contributed by atoms with Crippen LogP contribution in [0.25, 0.3) is 11.5 Å². The van der Waals surface area contributed by atoms with Crippen molar-refractivity contribution in [3.63, 3.8) is 0 Å². The Morgan fingerprint density at radius 1 is 1.25 bits per heavy atom. The van der Waals surface area contributed by atoms with Gasteiger partial charge in [0.1, 0.15) is 23.0 Å². The number of aromatic nitrogens is 4. The Kier molecular flexibility index (Phi) is 5.84. The number of hydrogen-bond donors (Lipinski definition) is 2. The van der Waals surface area contributed by atoms with Crippen molar-refractivity contribution in [2.24, 2.45) is 0 Å². The predicted molar refractivity (Wildman–Crippen MR) is 116 cm³/mol. The molecule has 0 saturated carbocycles. The number of carbonyl (C=O) groups excluding carboxylic acids is 1. The predicted octanol–water partition coefficient (Wildman–Crippen LogP) is 3.66. The van der Waals surface area contributed by atoms with E-state index in [4.69, 9.17) is 14.9 Å². The van der Waals surface area contributed by atoms with Crippen LogP contribution in [0.15, 0.2) is 52.9 Å². The molecule has 0 radical (unpaired) electrons. The highest BCUT2D eigenvalue weighted by molar-refractivity contribution is 6.05. The molecule has 2 aromatic heterocycles. The van der Waals surface area contributed by atoms with Gasteiger partial charge in [-0.1, -0.05) is 23.4 Å². The van der Waals surface area contributed by atoms with Crippen molar-refractivity contribution in [1.82, 2.24) is 20.0 Å². The van der Waals surface area contributed by atoms with Crippen LogP contribution < -0.4 is 15.8 Å². The number of benzene rings is 2. The first-order chi connectivity index (χ1) is 15.5. The Hall–Kier alpha value is -4.21. The Balaban J connectivity index is 1.55. The SMILES string of the molecule is CCOc1ccccc1-c1nc(Cn2nnc(C(=O)Nc3cccc(F)c3)c2N)c(C)o1. The van der Waals surface area contributed by atoms with Crippen LogP contribution in [0.3, 0.4) is 0 Å². The summed E-state index contributed by atoms with van der Waals surface area (Å²) in [5, 5.41) is 10.4. The van der Waals surface area contributed by atoms with Crippen LogP contribution in [-0.2, 0) is 6.54 Å². The zero-order valence-electron chi connectivity index (χ0n) is 17.5. The summed E-state index contributed by atoms with van der Waals surface area (Å²) in [6, 6.07) is 13.0. The maximum absolute atomic E-state index is 13.3. The lowest BCUT2D eigenvalue weighted by molar-refractivity contribution is 0.102. The van der Waals surface area contributed by atoms with Gasteiger partial charge in [-0.05, 0) is 44.2 Å². The Morgan fingerprint density at radius 3 is 2.84 bits per heavy atom. The third kappa shape index (κ3) is 4.29. The molecular formula is C22H21FN6O3. The first-order valence-corrected chi connectivity index (χ1v) is 9.90. The van der Waals surface area contributed by atoms with Crippen molar-refractivity contribution in [1.29, 1.82) is 0 Å². The molecule has 10 heteroatoms. The minimum Gasteiger partial charge on any atom is -0.493 e. The fourth-order valence-electron chi connectivity index (χ4n) is 3.11. The third-order valence-electron chi connectivity index (χ3n) is 4.68. The Morgan fingerprint density at radius 2 is 2.06 bits per heavy atom. The summed E-state index contributed by atoms with van der Waals surface area (Å²) < 4.78 is 26.2. The van der Waals surface area contributed by atoms with E-state index < -0.39 is 11.7 Å². The molecule has 0 saturated heterocycles. The molecule has 9 nitrogen and oxygen atoms in total. The average molecular weight is 436 g/mol. The zero-order chi connectivity index (χ0) is 22.7.